The summed E-state index contributed by atoms with van der Waals surface area (Å²) in [6.07, 6.45) is 1.55. The van der Waals surface area contributed by atoms with Crippen LogP contribution in [0.25, 0.3) is 0 Å². The quantitative estimate of drug-likeness (QED) is 0.534. The largest absolute Gasteiger partial charge is 0.387 e. The monoisotopic (exact) mass is 468 g/mol. The van der Waals surface area contributed by atoms with Gasteiger partial charge in [-0.3, -0.25) is 14.3 Å². The van der Waals surface area contributed by atoms with Gasteiger partial charge < -0.3 is 10.0 Å². The van der Waals surface area contributed by atoms with Crippen molar-refractivity contribution in [2.45, 2.75) is 6.10 Å². The average molecular weight is 469 g/mol. The second-order valence-electron chi connectivity index (χ2n) is 7.72. The maximum absolute atomic E-state index is 11.3. The zero-order chi connectivity index (χ0) is 22.6. The summed E-state index contributed by atoms with van der Waals surface area (Å²) in [6, 6.07) is 14.0. The van der Waals surface area contributed by atoms with Crippen molar-refractivity contribution in [2.24, 2.45) is 0 Å². The van der Waals surface area contributed by atoms with Crippen molar-refractivity contribution in [3.8, 4) is 0 Å². The molecular weight excluding hydrogens is 440 g/mol. The Kier molecular flexibility index (Phi) is 7.10. The van der Waals surface area contributed by atoms with Crippen LogP contribution in [-0.2, 0) is 20.0 Å². The number of anilines is 3. The van der Waals surface area contributed by atoms with Crippen LogP contribution < -0.4 is 14.3 Å². The Balaban J connectivity index is 1.50. The summed E-state index contributed by atoms with van der Waals surface area (Å²) >= 11 is 0. The number of nitrogens with one attached hydrogen (secondary N) is 2. The van der Waals surface area contributed by atoms with Gasteiger partial charge in [-0.25, -0.2) is 16.8 Å². The van der Waals surface area contributed by atoms with E-state index >= 15 is 0 Å². The zero-order valence-corrected chi connectivity index (χ0v) is 19.2. The van der Waals surface area contributed by atoms with Crippen LogP contribution in [0.5, 0.6) is 0 Å². The molecule has 0 aromatic heterocycles. The van der Waals surface area contributed by atoms with E-state index in [1.165, 1.54) is 0 Å². The second-order valence-corrected chi connectivity index (χ2v) is 11.2. The molecule has 1 aliphatic rings. The Morgan fingerprint density at radius 3 is 1.71 bits per heavy atom. The minimum atomic E-state index is -3.33. The molecule has 1 aliphatic heterocycles. The third kappa shape index (κ3) is 7.39. The predicted octanol–water partition coefficient (Wildman–Crippen LogP) is 1.29. The Labute approximate surface area is 183 Å². The number of β-amino-alcohol motifs (C(OH)–C–C–N with tert-alkyl or cyclic N) is 1. The lowest BCUT2D eigenvalue weighted by molar-refractivity contribution is 0.109. The van der Waals surface area contributed by atoms with E-state index < -0.39 is 26.2 Å². The first-order valence-corrected chi connectivity index (χ1v) is 13.6. The van der Waals surface area contributed by atoms with Gasteiger partial charge in [0.2, 0.25) is 20.0 Å². The third-order valence-corrected chi connectivity index (χ3v) is 6.15. The molecule has 1 fully saturated rings. The zero-order valence-electron chi connectivity index (χ0n) is 17.5. The van der Waals surface area contributed by atoms with Gasteiger partial charge in [0.25, 0.3) is 0 Å². The number of hydrogen-bond acceptors (Lipinski definition) is 7. The molecule has 11 heteroatoms. The van der Waals surface area contributed by atoms with Crippen molar-refractivity contribution < 1.29 is 21.9 Å². The molecule has 0 amide bonds. The first-order valence-electron chi connectivity index (χ1n) is 9.79. The van der Waals surface area contributed by atoms with E-state index in [4.69, 9.17) is 0 Å². The average Bonchev–Trinajstić information content (AvgIpc) is 2.67. The highest BCUT2D eigenvalue weighted by atomic mass is 32.2. The first kappa shape index (κ1) is 23.3. The number of aliphatic hydroxyl groups is 1. The summed E-state index contributed by atoms with van der Waals surface area (Å²) in [5, 5.41) is 10.6. The second kappa shape index (κ2) is 9.43. The minimum Gasteiger partial charge on any atom is -0.387 e. The van der Waals surface area contributed by atoms with Crippen LogP contribution in [0.1, 0.15) is 11.7 Å². The lowest BCUT2D eigenvalue weighted by atomic mass is 10.1. The van der Waals surface area contributed by atoms with Crippen LogP contribution in [0.4, 0.5) is 17.1 Å². The van der Waals surface area contributed by atoms with Gasteiger partial charge >= 0.3 is 0 Å². The Morgan fingerprint density at radius 1 is 0.806 bits per heavy atom. The van der Waals surface area contributed by atoms with Gasteiger partial charge in [0, 0.05) is 49.8 Å². The van der Waals surface area contributed by atoms with Gasteiger partial charge in [0.15, 0.2) is 0 Å². The van der Waals surface area contributed by atoms with E-state index in [1.54, 1.807) is 36.4 Å². The molecule has 2 aromatic rings. The lowest BCUT2D eigenvalue weighted by Crippen LogP contribution is -2.47. The van der Waals surface area contributed by atoms with E-state index in [0.29, 0.717) is 17.9 Å². The van der Waals surface area contributed by atoms with Gasteiger partial charge in [-0.2, -0.15) is 0 Å². The molecule has 31 heavy (non-hydrogen) atoms. The van der Waals surface area contributed by atoms with Crippen molar-refractivity contribution in [1.29, 1.82) is 0 Å². The van der Waals surface area contributed by atoms with Crippen LogP contribution in [0.15, 0.2) is 48.5 Å². The van der Waals surface area contributed by atoms with Crippen molar-refractivity contribution in [1.82, 2.24) is 4.90 Å². The van der Waals surface area contributed by atoms with Crippen molar-refractivity contribution in [3.05, 3.63) is 54.1 Å². The standard InChI is InChI=1S/C20H28N4O5S2/c1-30(26,27)21-17-5-3-16(4-6-17)20(25)15-23-11-13-24(14-12-23)19-9-7-18(8-10-19)22-31(2,28)29/h3-10,20-22,25H,11-15H2,1-2H3. The van der Waals surface area contributed by atoms with Crippen LogP contribution in [0.3, 0.4) is 0 Å². The molecule has 0 radical (unpaired) electrons. The Morgan fingerprint density at radius 2 is 1.26 bits per heavy atom. The molecule has 3 N–H and O–H groups in total. The van der Waals surface area contributed by atoms with Crippen LogP contribution in [0, 0.1) is 0 Å². The molecule has 170 valence electrons. The fourth-order valence-corrected chi connectivity index (χ4v) is 4.61. The van der Waals surface area contributed by atoms with Gasteiger partial charge in [-0.1, -0.05) is 12.1 Å². The van der Waals surface area contributed by atoms with E-state index in [0.717, 1.165) is 49.9 Å². The molecule has 9 nitrogen and oxygen atoms in total. The van der Waals surface area contributed by atoms with Gasteiger partial charge in [-0.05, 0) is 42.0 Å². The topological polar surface area (TPSA) is 119 Å². The number of aliphatic hydroxyl groups excluding tert-OH is 1. The Hall–Kier alpha value is -2.34. The summed E-state index contributed by atoms with van der Waals surface area (Å²) in [7, 11) is -6.62. The maximum atomic E-state index is 11.3. The highest BCUT2D eigenvalue weighted by Gasteiger charge is 2.20. The molecule has 1 heterocycles. The fourth-order valence-electron chi connectivity index (χ4n) is 3.48. The lowest BCUT2D eigenvalue weighted by Gasteiger charge is -2.37. The van der Waals surface area contributed by atoms with Crippen molar-refractivity contribution in [3.63, 3.8) is 0 Å². The smallest absolute Gasteiger partial charge is 0.229 e. The molecular formula is C20H28N4O5S2. The number of hydrogen-bond donors (Lipinski definition) is 3. The third-order valence-electron chi connectivity index (χ3n) is 4.94. The molecule has 1 saturated heterocycles. The molecule has 0 spiro atoms. The van der Waals surface area contributed by atoms with E-state index in [2.05, 4.69) is 19.2 Å². The van der Waals surface area contributed by atoms with Gasteiger partial charge in [-0.15, -0.1) is 0 Å². The van der Waals surface area contributed by atoms with E-state index in [9.17, 15) is 21.9 Å². The molecule has 2 aromatic carbocycles. The summed E-state index contributed by atoms with van der Waals surface area (Å²) in [4.78, 5) is 4.40. The molecule has 1 unspecified atom stereocenters. The summed E-state index contributed by atoms with van der Waals surface area (Å²) in [5.41, 5.74) is 2.75. The van der Waals surface area contributed by atoms with Crippen LogP contribution in [0.2, 0.25) is 0 Å². The highest BCUT2D eigenvalue weighted by Crippen LogP contribution is 2.22. The molecule has 0 aliphatic carbocycles. The first-order chi connectivity index (χ1) is 14.5. The predicted molar refractivity (Wildman–Crippen MR) is 123 cm³/mol. The molecule has 3 rings (SSSR count). The number of sulfonamides is 2. The SMILES string of the molecule is CS(=O)(=O)Nc1ccc(C(O)CN2CCN(c3ccc(NS(C)(=O)=O)cc3)CC2)cc1. The van der Waals surface area contributed by atoms with Crippen molar-refractivity contribution >= 4 is 37.1 Å². The van der Waals surface area contributed by atoms with Crippen molar-refractivity contribution in [2.75, 3.05) is 59.6 Å². The fraction of sp³-hybridized carbons (Fsp3) is 0.400. The Bertz CT molecular complexity index is 1080. The highest BCUT2D eigenvalue weighted by molar-refractivity contribution is 7.92. The number of rotatable bonds is 8. The molecule has 0 bridgehead atoms. The van der Waals surface area contributed by atoms with Gasteiger partial charge in [0.1, 0.15) is 0 Å². The summed E-state index contributed by atoms with van der Waals surface area (Å²) < 4.78 is 50.0. The van der Waals surface area contributed by atoms with Gasteiger partial charge in [0.05, 0.1) is 18.6 Å². The van der Waals surface area contributed by atoms with E-state index in [-0.39, 0.29) is 0 Å². The van der Waals surface area contributed by atoms with Crippen LogP contribution >= 0.6 is 0 Å². The molecule has 1 atom stereocenters. The number of benzene rings is 2. The minimum absolute atomic E-state index is 0.463. The number of nitrogens with zero attached hydrogens (tertiary/aromatic N) is 2. The normalized spacial score (nSPS) is 16.7. The number of piperazine rings is 1. The summed E-state index contributed by atoms with van der Waals surface area (Å²) in [5.74, 6) is 0. The maximum Gasteiger partial charge on any atom is 0.229 e. The molecule has 0 saturated carbocycles. The van der Waals surface area contributed by atoms with E-state index in [1.807, 2.05) is 12.1 Å². The summed E-state index contributed by atoms with van der Waals surface area (Å²) in [6.45, 7) is 3.65. The van der Waals surface area contributed by atoms with Crippen LogP contribution in [-0.4, -0.2) is 72.1 Å².